The number of rotatable bonds is 5. The van der Waals surface area contributed by atoms with Gasteiger partial charge in [-0.2, -0.15) is 5.10 Å². The average Bonchev–Trinajstić information content (AvgIpc) is 3.21. The number of hydrogen-bond donors (Lipinski definition) is 1. The fourth-order valence-electron chi connectivity index (χ4n) is 4.27. The van der Waals surface area contributed by atoms with Crippen LogP contribution in [0.4, 0.5) is 0 Å². The Hall–Kier alpha value is -1.40. The molecule has 3 fully saturated rings. The number of piperazine rings is 1. The second kappa shape index (κ2) is 7.08. The molecule has 2 saturated heterocycles. The molecule has 138 valence electrons. The Kier molecular flexibility index (Phi) is 4.82. The number of carbonyl (C=O) groups is 1. The predicted octanol–water partition coefficient (Wildman–Crippen LogP) is 1.85. The quantitative estimate of drug-likeness (QED) is 0.885. The predicted molar refractivity (Wildman–Crippen MR) is 98.0 cm³/mol. The van der Waals surface area contributed by atoms with E-state index in [1.165, 1.54) is 18.5 Å². The van der Waals surface area contributed by atoms with Crippen LogP contribution in [0.15, 0.2) is 6.20 Å². The van der Waals surface area contributed by atoms with Crippen molar-refractivity contribution < 1.29 is 4.79 Å². The Morgan fingerprint density at radius 3 is 2.72 bits per heavy atom. The van der Waals surface area contributed by atoms with Crippen molar-refractivity contribution in [2.75, 3.05) is 39.3 Å². The summed E-state index contributed by atoms with van der Waals surface area (Å²) in [6.45, 7) is 10.5. The van der Waals surface area contributed by atoms with E-state index >= 15 is 0 Å². The Labute approximate surface area is 150 Å². The third-order valence-electron chi connectivity index (χ3n) is 6.16. The molecule has 3 heterocycles. The highest BCUT2D eigenvalue weighted by atomic mass is 16.2. The van der Waals surface area contributed by atoms with E-state index in [4.69, 9.17) is 0 Å². The normalized spacial score (nSPS) is 26.2. The number of carbonyl (C=O) groups excluding carboxylic acids is 1. The first-order valence-electron chi connectivity index (χ1n) is 10.0. The molecule has 2 unspecified atom stereocenters. The molecule has 1 aromatic heterocycles. The van der Waals surface area contributed by atoms with Gasteiger partial charge in [0.05, 0.1) is 17.5 Å². The van der Waals surface area contributed by atoms with Gasteiger partial charge in [0.25, 0.3) is 5.91 Å². The Morgan fingerprint density at radius 1 is 1.28 bits per heavy atom. The van der Waals surface area contributed by atoms with E-state index in [1.807, 2.05) is 6.20 Å². The lowest BCUT2D eigenvalue weighted by Gasteiger charge is -2.32. The van der Waals surface area contributed by atoms with E-state index in [-0.39, 0.29) is 5.91 Å². The second-order valence-electron chi connectivity index (χ2n) is 7.90. The highest BCUT2D eigenvalue weighted by Gasteiger charge is 2.37. The van der Waals surface area contributed by atoms with Crippen LogP contribution in [-0.2, 0) is 0 Å². The zero-order valence-electron chi connectivity index (χ0n) is 15.6. The number of nitrogens with zero attached hydrogens (tertiary/aromatic N) is 4. The zero-order valence-corrected chi connectivity index (χ0v) is 15.6. The highest BCUT2D eigenvalue weighted by molar-refractivity contribution is 5.95. The first-order chi connectivity index (χ1) is 12.2. The summed E-state index contributed by atoms with van der Waals surface area (Å²) in [5.74, 6) is 0.746. The molecule has 0 spiro atoms. The van der Waals surface area contributed by atoms with E-state index in [0.29, 0.717) is 18.0 Å². The summed E-state index contributed by atoms with van der Waals surface area (Å²) in [5.41, 5.74) is 2.06. The lowest BCUT2D eigenvalue weighted by Crippen LogP contribution is -2.49. The molecule has 0 aromatic carbocycles. The molecule has 6 heteroatoms. The summed E-state index contributed by atoms with van der Waals surface area (Å²) in [5, 5.41) is 8.01. The third-order valence-corrected chi connectivity index (χ3v) is 6.16. The summed E-state index contributed by atoms with van der Waals surface area (Å²) in [6, 6.07) is 0.893. The van der Waals surface area contributed by atoms with Crippen LogP contribution in [0.3, 0.4) is 0 Å². The Balaban J connectivity index is 1.49. The lowest BCUT2D eigenvalue weighted by molar-refractivity contribution is 0.0772. The highest BCUT2D eigenvalue weighted by Crippen LogP contribution is 2.43. The summed E-state index contributed by atoms with van der Waals surface area (Å²) < 4.78 is 2.12. The largest absolute Gasteiger partial charge is 0.337 e. The van der Waals surface area contributed by atoms with Crippen molar-refractivity contribution in [3.05, 3.63) is 17.5 Å². The molecule has 6 nitrogen and oxygen atoms in total. The van der Waals surface area contributed by atoms with Crippen molar-refractivity contribution in [2.45, 2.75) is 57.5 Å². The molecule has 2 atom stereocenters. The maximum Gasteiger partial charge on any atom is 0.257 e. The number of aromatic nitrogens is 2. The van der Waals surface area contributed by atoms with Gasteiger partial charge in [0.1, 0.15) is 0 Å². The number of likely N-dealkylation sites (tertiary alicyclic amines) is 1. The minimum atomic E-state index is 0.203. The summed E-state index contributed by atoms with van der Waals surface area (Å²) >= 11 is 0. The molecule has 0 bridgehead atoms. The van der Waals surface area contributed by atoms with Crippen LogP contribution >= 0.6 is 0 Å². The van der Waals surface area contributed by atoms with Crippen LogP contribution in [0.2, 0.25) is 0 Å². The molecule has 2 aliphatic heterocycles. The van der Waals surface area contributed by atoms with Gasteiger partial charge in [0.15, 0.2) is 0 Å². The fourth-order valence-corrected chi connectivity index (χ4v) is 4.27. The second-order valence-corrected chi connectivity index (χ2v) is 7.90. The minimum Gasteiger partial charge on any atom is -0.337 e. The van der Waals surface area contributed by atoms with Gasteiger partial charge in [0.2, 0.25) is 0 Å². The molecule has 0 radical (unpaired) electrons. The summed E-state index contributed by atoms with van der Waals surface area (Å²) in [6.07, 6.45) is 6.38. The van der Waals surface area contributed by atoms with E-state index in [0.717, 1.165) is 57.7 Å². The van der Waals surface area contributed by atoms with E-state index in [1.54, 1.807) is 0 Å². The first-order valence-corrected chi connectivity index (χ1v) is 10.0. The third kappa shape index (κ3) is 3.34. The SMILES string of the molecule is CCC(C)n1ncc(C(=O)N2CCC(N3CCNCC3)C2)c1C1CC1. The van der Waals surface area contributed by atoms with Crippen molar-refractivity contribution in [1.82, 2.24) is 24.9 Å². The van der Waals surface area contributed by atoms with Crippen molar-refractivity contribution in [3.63, 3.8) is 0 Å². The van der Waals surface area contributed by atoms with Gasteiger partial charge in [-0.3, -0.25) is 14.4 Å². The van der Waals surface area contributed by atoms with Crippen LogP contribution < -0.4 is 5.32 Å². The number of amides is 1. The van der Waals surface area contributed by atoms with E-state index in [9.17, 15) is 4.79 Å². The monoisotopic (exact) mass is 345 g/mol. The van der Waals surface area contributed by atoms with Crippen LogP contribution in [0, 0.1) is 0 Å². The van der Waals surface area contributed by atoms with Crippen LogP contribution in [0.5, 0.6) is 0 Å². The Morgan fingerprint density at radius 2 is 2.04 bits per heavy atom. The average molecular weight is 345 g/mol. The molecule has 3 aliphatic rings. The fraction of sp³-hybridized carbons (Fsp3) is 0.789. The van der Waals surface area contributed by atoms with Crippen LogP contribution in [0.25, 0.3) is 0 Å². The first kappa shape index (κ1) is 17.0. The molecule has 1 aliphatic carbocycles. The number of hydrogen-bond acceptors (Lipinski definition) is 4. The molecule has 1 aromatic rings. The van der Waals surface area contributed by atoms with Gasteiger partial charge in [-0.25, -0.2) is 0 Å². The van der Waals surface area contributed by atoms with Crippen LogP contribution in [-0.4, -0.2) is 70.8 Å². The van der Waals surface area contributed by atoms with Crippen molar-refractivity contribution in [2.24, 2.45) is 0 Å². The summed E-state index contributed by atoms with van der Waals surface area (Å²) in [4.78, 5) is 17.8. The molecule has 1 saturated carbocycles. The van der Waals surface area contributed by atoms with E-state index < -0.39 is 0 Å². The molecule has 1 amide bonds. The molecule has 25 heavy (non-hydrogen) atoms. The van der Waals surface area contributed by atoms with E-state index in [2.05, 4.69) is 38.7 Å². The van der Waals surface area contributed by atoms with Gasteiger partial charge in [-0.05, 0) is 32.6 Å². The van der Waals surface area contributed by atoms with Gasteiger partial charge < -0.3 is 10.2 Å². The minimum absolute atomic E-state index is 0.203. The summed E-state index contributed by atoms with van der Waals surface area (Å²) in [7, 11) is 0. The maximum absolute atomic E-state index is 13.2. The van der Waals surface area contributed by atoms with Crippen LogP contribution in [0.1, 0.15) is 67.5 Å². The Bertz CT molecular complexity index is 617. The maximum atomic E-state index is 13.2. The topological polar surface area (TPSA) is 53.4 Å². The van der Waals surface area contributed by atoms with Crippen molar-refractivity contribution in [3.8, 4) is 0 Å². The molecule has 4 rings (SSSR count). The van der Waals surface area contributed by atoms with Gasteiger partial charge in [0, 0.05) is 57.3 Å². The zero-order chi connectivity index (χ0) is 17.4. The number of nitrogens with one attached hydrogen (secondary N) is 1. The van der Waals surface area contributed by atoms with Crippen molar-refractivity contribution in [1.29, 1.82) is 0 Å². The van der Waals surface area contributed by atoms with Gasteiger partial charge >= 0.3 is 0 Å². The molecular formula is C19H31N5O. The smallest absolute Gasteiger partial charge is 0.257 e. The van der Waals surface area contributed by atoms with Gasteiger partial charge in [-0.15, -0.1) is 0 Å². The molecule has 1 N–H and O–H groups in total. The van der Waals surface area contributed by atoms with Gasteiger partial charge in [-0.1, -0.05) is 6.92 Å². The molecular weight excluding hydrogens is 314 g/mol. The van der Waals surface area contributed by atoms with Crippen molar-refractivity contribution >= 4 is 5.91 Å². The lowest BCUT2D eigenvalue weighted by atomic mass is 10.1. The standard InChI is InChI=1S/C19H31N5O/c1-3-14(2)24-18(15-4-5-15)17(12-21-24)19(25)23-9-6-16(13-23)22-10-7-20-8-11-22/h12,14-16,20H,3-11,13H2,1-2H3.